The van der Waals surface area contributed by atoms with Crippen molar-refractivity contribution >= 4 is 22.7 Å². The molecule has 3 N–H and O–H groups in total. The summed E-state index contributed by atoms with van der Waals surface area (Å²) in [7, 11) is 0. The summed E-state index contributed by atoms with van der Waals surface area (Å²) in [6.07, 6.45) is 1.32. The first-order valence-corrected chi connectivity index (χ1v) is 4.99. The molecule has 2 rings (SSSR count). The van der Waals surface area contributed by atoms with Crippen LogP contribution in [0.5, 0.6) is 0 Å². The van der Waals surface area contributed by atoms with Crippen LogP contribution < -0.4 is 5.73 Å². The highest BCUT2D eigenvalue weighted by atomic mass is 32.1. The van der Waals surface area contributed by atoms with Crippen LogP contribution in [0, 0.1) is 5.41 Å². The molecule has 0 spiro atoms. The van der Waals surface area contributed by atoms with E-state index in [0.29, 0.717) is 5.13 Å². The molecule has 0 unspecified atom stereocenters. The van der Waals surface area contributed by atoms with Crippen molar-refractivity contribution in [1.29, 1.82) is 5.41 Å². The fourth-order valence-corrected chi connectivity index (χ4v) is 1.74. The maximum Gasteiger partial charge on any atom is 0.180 e. The molecule has 0 bridgehead atoms. The number of nitrogens with two attached hydrogens (primary N) is 1. The first kappa shape index (κ1) is 8.90. The van der Waals surface area contributed by atoms with Crippen LogP contribution in [0.3, 0.4) is 0 Å². The molecule has 14 heavy (non-hydrogen) atoms. The van der Waals surface area contributed by atoms with Gasteiger partial charge in [-0.1, -0.05) is 24.3 Å². The summed E-state index contributed by atoms with van der Waals surface area (Å²) in [5, 5.41) is 9.57. The maximum absolute atomic E-state index is 7.06. The molecule has 1 aromatic carbocycles. The molecule has 0 aliphatic heterocycles. The van der Waals surface area contributed by atoms with Gasteiger partial charge in [-0.25, -0.2) is 4.98 Å². The molecular weight excluding hydrogens is 194 g/mol. The molecular formula is C10H9N3S. The molecule has 3 nitrogen and oxygen atoms in total. The van der Waals surface area contributed by atoms with Crippen molar-refractivity contribution in [2.45, 2.75) is 0 Å². The number of benzene rings is 1. The first-order chi connectivity index (χ1) is 6.79. The Kier molecular flexibility index (Phi) is 2.28. The Morgan fingerprint density at radius 2 is 2.00 bits per heavy atom. The van der Waals surface area contributed by atoms with Gasteiger partial charge < -0.3 is 11.1 Å². The van der Waals surface area contributed by atoms with Crippen LogP contribution in [0.15, 0.2) is 29.6 Å². The van der Waals surface area contributed by atoms with Gasteiger partial charge in [0.2, 0.25) is 0 Å². The van der Waals surface area contributed by atoms with Gasteiger partial charge in [0, 0.05) is 17.2 Å². The van der Waals surface area contributed by atoms with E-state index in [4.69, 9.17) is 11.1 Å². The number of anilines is 1. The summed E-state index contributed by atoms with van der Waals surface area (Å²) < 4.78 is 0. The van der Waals surface area contributed by atoms with Gasteiger partial charge in [-0.2, -0.15) is 0 Å². The number of nitrogens with zero attached hydrogens (tertiary/aromatic N) is 1. The van der Waals surface area contributed by atoms with E-state index in [2.05, 4.69) is 4.98 Å². The highest BCUT2D eigenvalue weighted by Gasteiger charge is 2.01. The van der Waals surface area contributed by atoms with Gasteiger partial charge in [-0.05, 0) is 5.56 Å². The molecule has 4 heteroatoms. The molecule has 1 aromatic heterocycles. The third kappa shape index (κ3) is 1.65. The largest absolute Gasteiger partial charge is 0.375 e. The van der Waals surface area contributed by atoms with Gasteiger partial charge in [-0.3, -0.25) is 0 Å². The van der Waals surface area contributed by atoms with Crippen molar-refractivity contribution in [3.63, 3.8) is 0 Å². The zero-order valence-corrected chi connectivity index (χ0v) is 8.21. The van der Waals surface area contributed by atoms with Gasteiger partial charge in [0.25, 0.3) is 0 Å². The van der Waals surface area contributed by atoms with Gasteiger partial charge in [0.05, 0.1) is 5.69 Å². The topological polar surface area (TPSA) is 62.8 Å². The van der Waals surface area contributed by atoms with E-state index in [1.807, 2.05) is 29.6 Å². The summed E-state index contributed by atoms with van der Waals surface area (Å²) in [6.45, 7) is 0. The minimum Gasteiger partial charge on any atom is -0.375 e. The Hall–Kier alpha value is -1.68. The Labute approximate surface area is 85.7 Å². The second-order valence-corrected chi connectivity index (χ2v) is 3.73. The van der Waals surface area contributed by atoms with Crippen LogP contribution in [0.25, 0.3) is 11.3 Å². The molecule has 0 saturated heterocycles. The van der Waals surface area contributed by atoms with E-state index in [-0.39, 0.29) is 0 Å². The first-order valence-electron chi connectivity index (χ1n) is 4.11. The van der Waals surface area contributed by atoms with E-state index < -0.39 is 0 Å². The highest BCUT2D eigenvalue weighted by molar-refractivity contribution is 7.13. The van der Waals surface area contributed by atoms with Crippen LogP contribution in [-0.4, -0.2) is 11.2 Å². The summed E-state index contributed by atoms with van der Waals surface area (Å²) in [5.74, 6) is 0. The van der Waals surface area contributed by atoms with Crippen molar-refractivity contribution in [3.05, 3.63) is 35.2 Å². The molecule has 0 fully saturated rings. The normalized spacial score (nSPS) is 10.0. The smallest absolute Gasteiger partial charge is 0.180 e. The third-order valence-electron chi connectivity index (χ3n) is 1.90. The number of hydrogen-bond acceptors (Lipinski definition) is 4. The fourth-order valence-electron chi connectivity index (χ4n) is 1.17. The van der Waals surface area contributed by atoms with E-state index in [9.17, 15) is 0 Å². The molecule has 1 heterocycles. The average molecular weight is 203 g/mol. The zero-order valence-electron chi connectivity index (χ0n) is 7.40. The average Bonchev–Trinajstić information content (AvgIpc) is 2.65. The molecule has 0 saturated carbocycles. The summed E-state index contributed by atoms with van der Waals surface area (Å²) in [5.41, 5.74) is 8.35. The van der Waals surface area contributed by atoms with Gasteiger partial charge in [0.15, 0.2) is 5.13 Å². The lowest BCUT2D eigenvalue weighted by atomic mass is 10.1. The van der Waals surface area contributed by atoms with Crippen molar-refractivity contribution < 1.29 is 0 Å². The van der Waals surface area contributed by atoms with E-state index in [0.717, 1.165) is 16.8 Å². The molecule has 0 atom stereocenters. The van der Waals surface area contributed by atoms with Crippen LogP contribution in [-0.2, 0) is 0 Å². The van der Waals surface area contributed by atoms with Crippen LogP contribution in [0.2, 0.25) is 0 Å². The van der Waals surface area contributed by atoms with Gasteiger partial charge >= 0.3 is 0 Å². The lowest BCUT2D eigenvalue weighted by Gasteiger charge is -1.96. The fraction of sp³-hybridized carbons (Fsp3) is 0. The van der Waals surface area contributed by atoms with Crippen LogP contribution in [0.1, 0.15) is 5.56 Å². The number of nitrogen functional groups attached to an aromatic ring is 1. The molecule has 70 valence electrons. The quantitative estimate of drug-likeness (QED) is 0.736. The summed E-state index contributed by atoms with van der Waals surface area (Å²) in [6, 6.07) is 7.65. The lowest BCUT2D eigenvalue weighted by molar-refractivity contribution is 1.41. The number of thiazole rings is 1. The number of aromatic nitrogens is 1. The third-order valence-corrected chi connectivity index (χ3v) is 2.57. The van der Waals surface area contributed by atoms with Crippen molar-refractivity contribution in [2.24, 2.45) is 0 Å². The van der Waals surface area contributed by atoms with Crippen molar-refractivity contribution in [2.75, 3.05) is 5.73 Å². The molecule has 2 aromatic rings. The second-order valence-electron chi connectivity index (χ2n) is 2.84. The Morgan fingerprint density at radius 3 is 2.50 bits per heavy atom. The monoisotopic (exact) mass is 203 g/mol. The Balaban J connectivity index is 2.38. The second kappa shape index (κ2) is 3.59. The molecule has 0 aliphatic rings. The predicted octanol–water partition coefficient (Wildman–Crippen LogP) is 2.39. The molecule has 0 aliphatic carbocycles. The number of hydrogen-bond donors (Lipinski definition) is 2. The van der Waals surface area contributed by atoms with Gasteiger partial charge in [-0.15, -0.1) is 11.3 Å². The van der Waals surface area contributed by atoms with E-state index in [1.54, 1.807) is 0 Å². The zero-order chi connectivity index (χ0) is 9.97. The Morgan fingerprint density at radius 1 is 1.29 bits per heavy atom. The summed E-state index contributed by atoms with van der Waals surface area (Å²) in [4.78, 5) is 4.18. The minimum atomic E-state index is 0.580. The van der Waals surface area contributed by atoms with E-state index >= 15 is 0 Å². The highest BCUT2D eigenvalue weighted by Crippen LogP contribution is 2.22. The number of nitrogens with one attached hydrogen (secondary N) is 1. The van der Waals surface area contributed by atoms with E-state index in [1.165, 1.54) is 17.6 Å². The Bertz CT molecular complexity index is 445. The lowest BCUT2D eigenvalue weighted by Crippen LogP contribution is -1.84. The minimum absolute atomic E-state index is 0.580. The van der Waals surface area contributed by atoms with Crippen molar-refractivity contribution in [3.8, 4) is 11.3 Å². The summed E-state index contributed by atoms with van der Waals surface area (Å²) >= 11 is 1.43. The molecule has 0 radical (unpaired) electrons. The molecule has 0 amide bonds. The van der Waals surface area contributed by atoms with Crippen LogP contribution in [0.4, 0.5) is 5.13 Å². The van der Waals surface area contributed by atoms with Crippen molar-refractivity contribution in [1.82, 2.24) is 4.98 Å². The number of rotatable bonds is 2. The maximum atomic E-state index is 7.06. The van der Waals surface area contributed by atoms with Crippen LogP contribution >= 0.6 is 11.3 Å². The SMILES string of the molecule is N=Cc1ccc(-c2csc(N)n2)cc1. The standard InChI is InChI=1S/C10H9N3S/c11-5-7-1-3-8(4-2-7)9-6-14-10(12)13-9/h1-6,11H,(H2,12,13). The predicted molar refractivity (Wildman–Crippen MR) is 59.8 cm³/mol. The van der Waals surface area contributed by atoms with Gasteiger partial charge in [0.1, 0.15) is 0 Å².